The second kappa shape index (κ2) is 8.20. The number of rotatable bonds is 5. The maximum absolute atomic E-state index is 13.9. The molecule has 3 rings (SSSR count). The van der Waals surface area contributed by atoms with Crippen molar-refractivity contribution >= 4 is 11.9 Å². The number of halogens is 1. The van der Waals surface area contributed by atoms with E-state index in [4.69, 9.17) is 0 Å². The summed E-state index contributed by atoms with van der Waals surface area (Å²) in [5.41, 5.74) is 2.47. The number of aliphatic imine (C=N–C) groups is 1. The van der Waals surface area contributed by atoms with Gasteiger partial charge in [-0.15, -0.1) is 0 Å². The van der Waals surface area contributed by atoms with Gasteiger partial charge < -0.3 is 15.5 Å². The maximum atomic E-state index is 13.9. The van der Waals surface area contributed by atoms with Gasteiger partial charge in [0.2, 0.25) is 0 Å². The maximum Gasteiger partial charge on any atom is 0.253 e. The summed E-state index contributed by atoms with van der Waals surface area (Å²) in [6.07, 6.45) is 0.892. The third kappa shape index (κ3) is 4.64. The van der Waals surface area contributed by atoms with Crippen LogP contribution in [0.2, 0.25) is 0 Å². The topological polar surface area (TPSA) is 56.7 Å². The molecule has 2 aromatic rings. The molecule has 1 saturated carbocycles. The quantitative estimate of drug-likeness (QED) is 0.630. The SMILES string of the molecule is CN=C(NCc1ccc(C(=O)N(C)C)cc1)NC1CC1c1ccccc1F. The standard InChI is InChI=1S/C21H25FN4O/c1-23-21(25-19-12-17(19)16-6-4-5-7-18(16)22)24-13-14-8-10-15(11-9-14)20(27)26(2)3/h4-11,17,19H,12-13H2,1-3H3,(H2,23,24,25). The van der Waals surface area contributed by atoms with Crippen LogP contribution in [0, 0.1) is 5.82 Å². The second-order valence-electron chi connectivity index (χ2n) is 6.94. The zero-order chi connectivity index (χ0) is 19.4. The lowest BCUT2D eigenvalue weighted by molar-refractivity contribution is 0.0827. The number of hydrogen-bond acceptors (Lipinski definition) is 2. The molecule has 1 fully saturated rings. The van der Waals surface area contributed by atoms with Crippen LogP contribution in [0.25, 0.3) is 0 Å². The molecular weight excluding hydrogens is 343 g/mol. The first-order valence-corrected chi connectivity index (χ1v) is 9.01. The van der Waals surface area contributed by atoms with Crippen LogP contribution < -0.4 is 10.6 Å². The normalized spacial score (nSPS) is 18.7. The molecule has 0 saturated heterocycles. The van der Waals surface area contributed by atoms with Gasteiger partial charge in [-0.25, -0.2) is 4.39 Å². The highest BCUT2D eigenvalue weighted by molar-refractivity contribution is 5.93. The number of guanidine groups is 1. The van der Waals surface area contributed by atoms with Crippen molar-refractivity contribution in [3.63, 3.8) is 0 Å². The molecule has 2 atom stereocenters. The Kier molecular flexibility index (Phi) is 5.74. The molecule has 0 spiro atoms. The Balaban J connectivity index is 1.52. The van der Waals surface area contributed by atoms with Crippen molar-refractivity contribution in [2.75, 3.05) is 21.1 Å². The Bertz CT molecular complexity index is 832. The number of hydrogen-bond donors (Lipinski definition) is 2. The summed E-state index contributed by atoms with van der Waals surface area (Å²) in [5, 5.41) is 6.61. The van der Waals surface area contributed by atoms with Gasteiger partial charge in [0.15, 0.2) is 5.96 Å². The minimum atomic E-state index is -0.151. The van der Waals surface area contributed by atoms with Crippen molar-refractivity contribution in [2.45, 2.75) is 24.9 Å². The zero-order valence-corrected chi connectivity index (χ0v) is 15.9. The first-order valence-electron chi connectivity index (χ1n) is 9.01. The molecule has 0 aliphatic heterocycles. The van der Waals surface area contributed by atoms with E-state index in [1.807, 2.05) is 36.4 Å². The Labute approximate surface area is 159 Å². The molecule has 0 bridgehead atoms. The smallest absolute Gasteiger partial charge is 0.253 e. The van der Waals surface area contributed by atoms with Crippen molar-refractivity contribution < 1.29 is 9.18 Å². The highest BCUT2D eigenvalue weighted by atomic mass is 19.1. The van der Waals surface area contributed by atoms with E-state index in [0.717, 1.165) is 17.5 Å². The Hall–Kier alpha value is -2.89. The van der Waals surface area contributed by atoms with E-state index in [1.54, 1.807) is 32.1 Å². The van der Waals surface area contributed by atoms with Gasteiger partial charge in [-0.2, -0.15) is 0 Å². The van der Waals surface area contributed by atoms with Crippen LogP contribution in [0.3, 0.4) is 0 Å². The first kappa shape index (κ1) is 18.9. The molecule has 0 radical (unpaired) electrons. The summed E-state index contributed by atoms with van der Waals surface area (Å²) in [4.78, 5) is 17.7. The number of nitrogens with zero attached hydrogens (tertiary/aromatic N) is 2. The summed E-state index contributed by atoms with van der Waals surface area (Å²) < 4.78 is 13.9. The van der Waals surface area contributed by atoms with Crippen LogP contribution in [0.4, 0.5) is 4.39 Å². The van der Waals surface area contributed by atoms with Crippen molar-refractivity contribution in [3.8, 4) is 0 Å². The minimum Gasteiger partial charge on any atom is -0.353 e. The molecule has 1 aliphatic carbocycles. The van der Waals surface area contributed by atoms with Crippen molar-refractivity contribution in [1.29, 1.82) is 0 Å². The van der Waals surface area contributed by atoms with Gasteiger partial charge in [-0.3, -0.25) is 9.79 Å². The average Bonchev–Trinajstić information content (AvgIpc) is 3.44. The number of carbonyl (C=O) groups excluding carboxylic acids is 1. The number of amides is 1. The van der Waals surface area contributed by atoms with Gasteiger partial charge in [0.05, 0.1) is 0 Å². The van der Waals surface area contributed by atoms with Crippen LogP contribution in [0.5, 0.6) is 0 Å². The van der Waals surface area contributed by atoms with Crippen LogP contribution in [-0.4, -0.2) is 44.0 Å². The lowest BCUT2D eigenvalue weighted by Crippen LogP contribution is -2.38. The van der Waals surface area contributed by atoms with E-state index >= 15 is 0 Å². The van der Waals surface area contributed by atoms with E-state index in [2.05, 4.69) is 15.6 Å². The monoisotopic (exact) mass is 368 g/mol. The highest BCUT2D eigenvalue weighted by Crippen LogP contribution is 2.41. The third-order valence-electron chi connectivity index (χ3n) is 4.71. The van der Waals surface area contributed by atoms with Gasteiger partial charge in [-0.1, -0.05) is 30.3 Å². The van der Waals surface area contributed by atoms with Crippen molar-refractivity contribution in [3.05, 3.63) is 71.0 Å². The van der Waals surface area contributed by atoms with Crippen LogP contribution in [0.1, 0.15) is 33.8 Å². The number of carbonyl (C=O) groups is 1. The molecule has 27 heavy (non-hydrogen) atoms. The third-order valence-corrected chi connectivity index (χ3v) is 4.71. The number of benzene rings is 2. The lowest BCUT2D eigenvalue weighted by atomic mass is 10.1. The van der Waals surface area contributed by atoms with Crippen LogP contribution >= 0.6 is 0 Å². The molecule has 142 valence electrons. The second-order valence-corrected chi connectivity index (χ2v) is 6.94. The van der Waals surface area contributed by atoms with Gasteiger partial charge in [0.1, 0.15) is 5.82 Å². The van der Waals surface area contributed by atoms with Crippen LogP contribution in [0.15, 0.2) is 53.5 Å². The molecule has 0 heterocycles. The summed E-state index contributed by atoms with van der Waals surface area (Å²) >= 11 is 0. The molecule has 1 aliphatic rings. The van der Waals surface area contributed by atoms with Crippen molar-refractivity contribution in [1.82, 2.24) is 15.5 Å². The van der Waals surface area contributed by atoms with E-state index < -0.39 is 0 Å². The van der Waals surface area contributed by atoms with E-state index in [-0.39, 0.29) is 23.7 Å². The van der Waals surface area contributed by atoms with Gasteiger partial charge in [0, 0.05) is 45.2 Å². The Morgan fingerprint density at radius 2 is 1.89 bits per heavy atom. The predicted molar refractivity (Wildman–Crippen MR) is 105 cm³/mol. The first-order chi connectivity index (χ1) is 13.0. The zero-order valence-electron chi connectivity index (χ0n) is 15.9. The number of nitrogens with one attached hydrogen (secondary N) is 2. The lowest BCUT2D eigenvalue weighted by Gasteiger charge is -2.13. The van der Waals surface area contributed by atoms with Gasteiger partial charge in [0.25, 0.3) is 5.91 Å². The fraction of sp³-hybridized carbons (Fsp3) is 0.333. The summed E-state index contributed by atoms with van der Waals surface area (Å²) in [6.45, 7) is 0.590. The Morgan fingerprint density at radius 3 is 2.52 bits per heavy atom. The highest BCUT2D eigenvalue weighted by Gasteiger charge is 2.40. The summed E-state index contributed by atoms with van der Waals surface area (Å²) in [5.74, 6) is 0.704. The Morgan fingerprint density at radius 1 is 1.19 bits per heavy atom. The van der Waals surface area contributed by atoms with E-state index in [0.29, 0.717) is 18.1 Å². The molecule has 2 unspecified atom stereocenters. The van der Waals surface area contributed by atoms with E-state index in [1.165, 1.54) is 6.07 Å². The molecule has 2 aromatic carbocycles. The fourth-order valence-electron chi connectivity index (χ4n) is 3.05. The van der Waals surface area contributed by atoms with E-state index in [9.17, 15) is 9.18 Å². The molecular formula is C21H25FN4O. The van der Waals surface area contributed by atoms with Gasteiger partial charge in [-0.05, 0) is 35.7 Å². The van der Waals surface area contributed by atoms with Crippen molar-refractivity contribution in [2.24, 2.45) is 4.99 Å². The predicted octanol–water partition coefficient (Wildman–Crippen LogP) is 2.75. The summed E-state index contributed by atoms with van der Waals surface area (Å²) in [6, 6.07) is 14.6. The molecule has 1 amide bonds. The minimum absolute atomic E-state index is 0.0140. The summed E-state index contributed by atoms with van der Waals surface area (Å²) in [7, 11) is 5.19. The average molecular weight is 368 g/mol. The molecule has 6 heteroatoms. The molecule has 0 aromatic heterocycles. The largest absolute Gasteiger partial charge is 0.353 e. The van der Waals surface area contributed by atoms with Gasteiger partial charge >= 0.3 is 0 Å². The fourth-order valence-corrected chi connectivity index (χ4v) is 3.05. The van der Waals surface area contributed by atoms with Crippen LogP contribution in [-0.2, 0) is 6.54 Å². The molecule has 2 N–H and O–H groups in total. The molecule has 5 nitrogen and oxygen atoms in total.